The number of hydrogen-bond donors (Lipinski definition) is 2. The topological polar surface area (TPSA) is 46.2 Å². The lowest BCUT2D eigenvalue weighted by Gasteiger charge is -2.21. The zero-order valence-electron chi connectivity index (χ0n) is 14.8. The molecule has 0 aliphatic carbocycles. The van der Waals surface area contributed by atoms with Crippen molar-refractivity contribution in [1.29, 1.82) is 0 Å². The van der Waals surface area contributed by atoms with Crippen molar-refractivity contribution < 1.29 is 5.11 Å². The van der Waals surface area contributed by atoms with Crippen LogP contribution in [0.4, 0.5) is 0 Å². The van der Waals surface area contributed by atoms with Crippen molar-refractivity contribution in [2.45, 2.75) is 54.9 Å². The molecule has 0 saturated heterocycles. The summed E-state index contributed by atoms with van der Waals surface area (Å²) >= 11 is 8.18. The van der Waals surface area contributed by atoms with E-state index in [2.05, 4.69) is 43.3 Å². The Bertz CT molecular complexity index is 676. The molecule has 0 heterocycles. The Morgan fingerprint density at radius 3 is 2.52 bits per heavy atom. The number of aliphatic hydroxyl groups is 1. The highest BCUT2D eigenvalue weighted by Gasteiger charge is 2.16. The predicted octanol–water partition coefficient (Wildman–Crippen LogP) is 5.51. The van der Waals surface area contributed by atoms with Crippen molar-refractivity contribution >= 4 is 35.8 Å². The molecule has 0 fully saturated rings. The van der Waals surface area contributed by atoms with Crippen LogP contribution < -0.4 is 5.73 Å². The number of hydrogen-bond acceptors (Lipinski definition) is 3. The van der Waals surface area contributed by atoms with Crippen molar-refractivity contribution in [1.82, 2.24) is 0 Å². The summed E-state index contributed by atoms with van der Waals surface area (Å²) in [5.41, 5.74) is 7.94. The van der Waals surface area contributed by atoms with Crippen LogP contribution in [-0.4, -0.2) is 17.3 Å². The minimum Gasteiger partial charge on any atom is -0.394 e. The van der Waals surface area contributed by atoms with E-state index in [-0.39, 0.29) is 19.0 Å². The van der Waals surface area contributed by atoms with Gasteiger partial charge in [0, 0.05) is 20.4 Å². The normalized spacial score (nSPS) is 13.2. The van der Waals surface area contributed by atoms with Crippen molar-refractivity contribution in [2.24, 2.45) is 5.73 Å². The third kappa shape index (κ3) is 7.20. The largest absolute Gasteiger partial charge is 0.394 e. The summed E-state index contributed by atoms with van der Waals surface area (Å²) in [6.07, 6.45) is 3.61. The molecule has 0 aliphatic rings. The van der Waals surface area contributed by atoms with Gasteiger partial charge in [-0.15, -0.1) is 12.4 Å². The molecule has 2 aromatic rings. The minimum atomic E-state index is -0.507. The summed E-state index contributed by atoms with van der Waals surface area (Å²) in [5, 5.41) is 10.0. The first-order chi connectivity index (χ1) is 11.4. The Balaban J connectivity index is 0.00000312. The third-order valence-electron chi connectivity index (χ3n) is 4.12. The molecule has 2 aromatic carbocycles. The summed E-state index contributed by atoms with van der Waals surface area (Å²) < 4.78 is 0. The average Bonchev–Trinajstić information content (AvgIpc) is 2.57. The Hall–Kier alpha value is -0.710. The maximum absolute atomic E-state index is 9.21. The third-order valence-corrected chi connectivity index (χ3v) is 5.45. The van der Waals surface area contributed by atoms with E-state index in [0.717, 1.165) is 41.2 Å². The molecule has 0 bridgehead atoms. The van der Waals surface area contributed by atoms with Gasteiger partial charge < -0.3 is 10.8 Å². The minimum absolute atomic E-state index is 0. The second kappa shape index (κ2) is 10.4. The molecule has 0 radical (unpaired) electrons. The molecule has 0 aliphatic heterocycles. The highest BCUT2D eigenvalue weighted by molar-refractivity contribution is 7.99. The Kier molecular flexibility index (Phi) is 9.33. The van der Waals surface area contributed by atoms with Crippen LogP contribution in [0.3, 0.4) is 0 Å². The number of nitrogens with two attached hydrogens (primary N) is 1. The zero-order chi connectivity index (χ0) is 17.6. The van der Waals surface area contributed by atoms with Gasteiger partial charge in [0.05, 0.1) is 6.61 Å². The maximum atomic E-state index is 9.21. The Morgan fingerprint density at radius 1 is 1.16 bits per heavy atom. The van der Waals surface area contributed by atoms with Crippen molar-refractivity contribution in [2.75, 3.05) is 6.61 Å². The maximum Gasteiger partial charge on any atom is 0.0608 e. The Morgan fingerprint density at radius 2 is 1.88 bits per heavy atom. The van der Waals surface area contributed by atoms with Gasteiger partial charge in [0.25, 0.3) is 0 Å². The number of aryl methyl sites for hydroxylation is 2. The van der Waals surface area contributed by atoms with Gasteiger partial charge in [-0.2, -0.15) is 0 Å². The lowest BCUT2D eigenvalue weighted by atomic mass is 9.95. The van der Waals surface area contributed by atoms with Gasteiger partial charge in [0.1, 0.15) is 0 Å². The van der Waals surface area contributed by atoms with Crippen LogP contribution in [0.1, 0.15) is 37.8 Å². The molecule has 25 heavy (non-hydrogen) atoms. The van der Waals surface area contributed by atoms with Crippen LogP contribution in [0, 0.1) is 0 Å². The van der Waals surface area contributed by atoms with Gasteiger partial charge in [-0.05, 0) is 68.0 Å². The molecule has 0 saturated carbocycles. The molecular weight excluding hydrogens is 373 g/mol. The second-order valence-electron chi connectivity index (χ2n) is 6.52. The molecule has 2 nitrogen and oxygen atoms in total. The van der Waals surface area contributed by atoms with Crippen LogP contribution in [-0.2, 0) is 12.8 Å². The quantitative estimate of drug-likeness (QED) is 0.614. The smallest absolute Gasteiger partial charge is 0.0608 e. The summed E-state index contributed by atoms with van der Waals surface area (Å²) in [5.74, 6) is 0. The van der Waals surface area contributed by atoms with E-state index in [4.69, 9.17) is 17.3 Å². The SMILES string of the molecule is CCc1cccc(Sc2ccc(CCCC(C)(N)CO)c(Cl)c2)c1.Cl. The van der Waals surface area contributed by atoms with Crippen molar-refractivity contribution in [3.8, 4) is 0 Å². The summed E-state index contributed by atoms with van der Waals surface area (Å²) in [7, 11) is 0. The fourth-order valence-electron chi connectivity index (χ4n) is 2.52. The summed E-state index contributed by atoms with van der Waals surface area (Å²) in [6.45, 7) is 4.05. The van der Waals surface area contributed by atoms with Gasteiger partial charge in [-0.1, -0.05) is 48.5 Å². The van der Waals surface area contributed by atoms with Crippen LogP contribution in [0.2, 0.25) is 5.02 Å². The van der Waals surface area contributed by atoms with E-state index >= 15 is 0 Å². The number of rotatable bonds is 8. The molecule has 138 valence electrons. The van der Waals surface area contributed by atoms with E-state index in [1.54, 1.807) is 11.8 Å². The highest BCUT2D eigenvalue weighted by Crippen LogP contribution is 2.32. The van der Waals surface area contributed by atoms with E-state index in [9.17, 15) is 5.11 Å². The first-order valence-corrected chi connectivity index (χ1v) is 9.58. The molecule has 5 heteroatoms. The lowest BCUT2D eigenvalue weighted by Crippen LogP contribution is -2.40. The first kappa shape index (κ1) is 22.3. The fraction of sp³-hybridized carbons (Fsp3) is 0.400. The van der Waals surface area contributed by atoms with Gasteiger partial charge in [0.15, 0.2) is 0 Å². The highest BCUT2D eigenvalue weighted by atomic mass is 35.5. The van der Waals surface area contributed by atoms with E-state index in [1.165, 1.54) is 10.5 Å². The molecule has 1 atom stereocenters. The molecule has 0 aromatic heterocycles. The first-order valence-electron chi connectivity index (χ1n) is 8.38. The van der Waals surface area contributed by atoms with Crippen molar-refractivity contribution in [3.05, 3.63) is 58.6 Å². The second-order valence-corrected chi connectivity index (χ2v) is 8.08. The van der Waals surface area contributed by atoms with E-state index < -0.39 is 5.54 Å². The predicted molar refractivity (Wildman–Crippen MR) is 111 cm³/mol. The fourth-order valence-corrected chi connectivity index (χ4v) is 3.80. The van der Waals surface area contributed by atoms with Crippen LogP contribution in [0.15, 0.2) is 52.3 Å². The van der Waals surface area contributed by atoms with Gasteiger partial charge in [0.2, 0.25) is 0 Å². The van der Waals surface area contributed by atoms with Crippen LogP contribution >= 0.6 is 35.8 Å². The molecule has 0 amide bonds. The zero-order valence-corrected chi connectivity index (χ0v) is 17.2. The molecular formula is C20H27Cl2NOS. The molecule has 3 N–H and O–H groups in total. The van der Waals surface area contributed by atoms with Crippen LogP contribution in [0.25, 0.3) is 0 Å². The Labute approximate surface area is 166 Å². The standard InChI is InChI=1S/C20H26ClNOS.ClH/c1-3-15-6-4-8-17(12-15)24-18-10-9-16(19(21)13-18)7-5-11-20(2,22)14-23;/h4,6,8-10,12-13,23H,3,5,7,11,14,22H2,1-2H3;1H. The lowest BCUT2D eigenvalue weighted by molar-refractivity contribution is 0.198. The number of halogens is 2. The molecule has 1 unspecified atom stereocenters. The molecule has 2 rings (SSSR count). The van der Waals surface area contributed by atoms with Crippen LogP contribution in [0.5, 0.6) is 0 Å². The van der Waals surface area contributed by atoms with Gasteiger partial charge in [-0.25, -0.2) is 0 Å². The van der Waals surface area contributed by atoms with E-state index in [0.29, 0.717) is 0 Å². The monoisotopic (exact) mass is 399 g/mol. The number of aliphatic hydroxyl groups excluding tert-OH is 1. The van der Waals surface area contributed by atoms with E-state index in [1.807, 2.05) is 13.0 Å². The summed E-state index contributed by atoms with van der Waals surface area (Å²) in [4.78, 5) is 2.39. The number of benzene rings is 2. The summed E-state index contributed by atoms with van der Waals surface area (Å²) in [6, 6.07) is 14.9. The molecule has 0 spiro atoms. The van der Waals surface area contributed by atoms with Gasteiger partial charge in [-0.3, -0.25) is 0 Å². The van der Waals surface area contributed by atoms with Crippen molar-refractivity contribution in [3.63, 3.8) is 0 Å². The average molecular weight is 400 g/mol. The van der Waals surface area contributed by atoms with Gasteiger partial charge >= 0.3 is 0 Å².